The number of hydrogen-bond acceptors (Lipinski definition) is 5. The van der Waals surface area contributed by atoms with Gasteiger partial charge < -0.3 is 5.32 Å². The van der Waals surface area contributed by atoms with E-state index in [4.69, 9.17) is 0 Å². The molecule has 0 saturated heterocycles. The molecule has 0 spiro atoms. The minimum atomic E-state index is -0.0742. The van der Waals surface area contributed by atoms with Gasteiger partial charge in [-0.05, 0) is 41.8 Å². The lowest BCUT2D eigenvalue weighted by Gasteiger charge is -2.06. The van der Waals surface area contributed by atoms with Gasteiger partial charge in [0.15, 0.2) is 0 Å². The summed E-state index contributed by atoms with van der Waals surface area (Å²) in [6.07, 6.45) is 3.87. The largest absolute Gasteiger partial charge is 0.326 e. The molecule has 0 bridgehead atoms. The van der Waals surface area contributed by atoms with Gasteiger partial charge in [0, 0.05) is 23.5 Å². The van der Waals surface area contributed by atoms with Crippen LogP contribution in [0.1, 0.15) is 5.69 Å². The molecule has 1 N–H and O–H groups in total. The van der Waals surface area contributed by atoms with Gasteiger partial charge in [-0.3, -0.25) is 4.79 Å². The van der Waals surface area contributed by atoms with Crippen LogP contribution >= 0.6 is 22.7 Å². The molecule has 0 fully saturated rings. The van der Waals surface area contributed by atoms with E-state index < -0.39 is 0 Å². The number of nitrogens with one attached hydrogen (secondary N) is 1. The molecule has 1 amide bonds. The summed E-state index contributed by atoms with van der Waals surface area (Å²) in [6.45, 7) is 0. The number of thiophene rings is 1. The third kappa shape index (κ3) is 3.67. The summed E-state index contributed by atoms with van der Waals surface area (Å²) in [4.78, 5) is 17.9. The Bertz CT molecular complexity index is 957. The molecule has 0 atom stereocenters. The van der Waals surface area contributed by atoms with Crippen molar-refractivity contribution in [3.05, 3.63) is 71.3 Å². The third-order valence-electron chi connectivity index (χ3n) is 3.55. The van der Waals surface area contributed by atoms with Crippen molar-refractivity contribution < 1.29 is 4.79 Å². The lowest BCUT2D eigenvalue weighted by Crippen LogP contribution is -2.14. The van der Waals surface area contributed by atoms with Gasteiger partial charge in [0.2, 0.25) is 5.91 Å². The molecule has 3 aromatic heterocycles. The van der Waals surface area contributed by atoms with E-state index in [0.29, 0.717) is 0 Å². The molecular weight excluding hydrogens is 352 g/mol. The van der Waals surface area contributed by atoms with Gasteiger partial charge in [-0.15, -0.1) is 22.7 Å². The van der Waals surface area contributed by atoms with Crippen LogP contribution in [0.5, 0.6) is 0 Å². The van der Waals surface area contributed by atoms with E-state index in [1.54, 1.807) is 33.6 Å². The Hall–Kier alpha value is -2.77. The standard InChI is InChI=1S/C18H14N4OS2/c23-17(11-14-12-25-18(21-14)16-3-1-10-24-16)20-13-4-6-15(7-5-13)22-9-2-8-19-22/h1-10,12H,11H2,(H,20,23). The topological polar surface area (TPSA) is 59.8 Å². The molecule has 0 radical (unpaired) electrons. The smallest absolute Gasteiger partial charge is 0.230 e. The van der Waals surface area contributed by atoms with Crippen LogP contribution in [-0.2, 0) is 11.2 Å². The molecule has 0 saturated carbocycles. The molecule has 0 aliphatic heterocycles. The lowest BCUT2D eigenvalue weighted by molar-refractivity contribution is -0.115. The number of rotatable bonds is 5. The SMILES string of the molecule is O=C(Cc1csc(-c2cccs2)n1)Nc1ccc(-n2cccn2)cc1. The van der Waals surface area contributed by atoms with Gasteiger partial charge in [-0.2, -0.15) is 5.10 Å². The number of anilines is 1. The number of nitrogens with zero attached hydrogens (tertiary/aromatic N) is 3. The van der Waals surface area contributed by atoms with Gasteiger partial charge in [0.05, 0.1) is 22.7 Å². The fraction of sp³-hybridized carbons (Fsp3) is 0.0556. The van der Waals surface area contributed by atoms with Gasteiger partial charge in [-0.1, -0.05) is 6.07 Å². The first-order valence-electron chi connectivity index (χ1n) is 7.66. The van der Waals surface area contributed by atoms with Crippen LogP contribution in [0.25, 0.3) is 15.6 Å². The molecule has 4 rings (SSSR count). The highest BCUT2D eigenvalue weighted by atomic mass is 32.1. The van der Waals surface area contributed by atoms with E-state index >= 15 is 0 Å². The average molecular weight is 366 g/mol. The number of thiazole rings is 1. The lowest BCUT2D eigenvalue weighted by atomic mass is 10.2. The second-order valence-electron chi connectivity index (χ2n) is 5.34. The number of aromatic nitrogens is 3. The molecule has 5 nitrogen and oxygen atoms in total. The van der Waals surface area contributed by atoms with E-state index in [1.807, 2.05) is 59.4 Å². The van der Waals surface area contributed by atoms with Crippen LogP contribution in [0.15, 0.2) is 65.6 Å². The fourth-order valence-electron chi connectivity index (χ4n) is 2.39. The predicted molar refractivity (Wildman–Crippen MR) is 101 cm³/mol. The second-order valence-corrected chi connectivity index (χ2v) is 7.15. The summed E-state index contributed by atoms with van der Waals surface area (Å²) in [5.41, 5.74) is 2.50. The zero-order chi connectivity index (χ0) is 17.1. The molecular formula is C18H14N4OS2. The van der Waals surface area contributed by atoms with E-state index in [0.717, 1.165) is 27.0 Å². The maximum absolute atomic E-state index is 12.2. The molecule has 7 heteroatoms. The van der Waals surface area contributed by atoms with Crippen molar-refractivity contribution in [2.75, 3.05) is 5.32 Å². The number of carbonyl (C=O) groups is 1. The maximum Gasteiger partial charge on any atom is 0.230 e. The van der Waals surface area contributed by atoms with Gasteiger partial charge in [-0.25, -0.2) is 9.67 Å². The highest BCUT2D eigenvalue weighted by Crippen LogP contribution is 2.28. The van der Waals surface area contributed by atoms with E-state index in [-0.39, 0.29) is 12.3 Å². The van der Waals surface area contributed by atoms with Crippen LogP contribution in [0, 0.1) is 0 Å². The molecule has 0 aliphatic carbocycles. The first-order chi connectivity index (χ1) is 12.3. The van der Waals surface area contributed by atoms with Gasteiger partial charge >= 0.3 is 0 Å². The van der Waals surface area contributed by atoms with Crippen LogP contribution in [0.4, 0.5) is 5.69 Å². The molecule has 0 aliphatic rings. The van der Waals surface area contributed by atoms with E-state index in [1.165, 1.54) is 0 Å². The molecule has 124 valence electrons. The van der Waals surface area contributed by atoms with Crippen LogP contribution in [0.3, 0.4) is 0 Å². The zero-order valence-corrected chi connectivity index (χ0v) is 14.8. The summed E-state index contributed by atoms with van der Waals surface area (Å²) in [5.74, 6) is -0.0742. The van der Waals surface area contributed by atoms with Crippen molar-refractivity contribution in [3.8, 4) is 15.6 Å². The third-order valence-corrected chi connectivity index (χ3v) is 5.48. The summed E-state index contributed by atoms with van der Waals surface area (Å²) >= 11 is 3.22. The highest BCUT2D eigenvalue weighted by molar-refractivity contribution is 7.20. The summed E-state index contributed by atoms with van der Waals surface area (Å²) in [6, 6.07) is 13.5. The summed E-state index contributed by atoms with van der Waals surface area (Å²) in [7, 11) is 0. The molecule has 0 unspecified atom stereocenters. The van der Waals surface area contributed by atoms with Gasteiger partial charge in [0.25, 0.3) is 0 Å². The predicted octanol–water partition coefficient (Wildman–Crippen LogP) is 4.24. The zero-order valence-electron chi connectivity index (χ0n) is 13.1. The molecule has 3 heterocycles. The normalized spacial score (nSPS) is 10.7. The number of amides is 1. The Morgan fingerprint density at radius 1 is 1.12 bits per heavy atom. The quantitative estimate of drug-likeness (QED) is 0.575. The number of benzene rings is 1. The minimum Gasteiger partial charge on any atom is -0.326 e. The Morgan fingerprint density at radius 3 is 2.72 bits per heavy atom. The minimum absolute atomic E-state index is 0.0742. The van der Waals surface area contributed by atoms with E-state index in [9.17, 15) is 4.79 Å². The molecule has 25 heavy (non-hydrogen) atoms. The molecule has 4 aromatic rings. The summed E-state index contributed by atoms with van der Waals surface area (Å²) in [5, 5.41) is 12.0. The Balaban J connectivity index is 1.39. The second kappa shape index (κ2) is 7.00. The Morgan fingerprint density at radius 2 is 2.00 bits per heavy atom. The van der Waals surface area contributed by atoms with Crippen molar-refractivity contribution in [3.63, 3.8) is 0 Å². The monoisotopic (exact) mass is 366 g/mol. The first kappa shape index (κ1) is 15.7. The van der Waals surface area contributed by atoms with Gasteiger partial charge in [0.1, 0.15) is 5.01 Å². The van der Waals surface area contributed by atoms with Crippen LogP contribution < -0.4 is 5.32 Å². The van der Waals surface area contributed by atoms with Crippen molar-refractivity contribution in [1.29, 1.82) is 0 Å². The average Bonchev–Trinajstić information content (AvgIpc) is 3.37. The Kier molecular flexibility index (Phi) is 4.41. The van der Waals surface area contributed by atoms with Crippen LogP contribution in [-0.4, -0.2) is 20.7 Å². The van der Waals surface area contributed by atoms with Crippen molar-refractivity contribution in [2.45, 2.75) is 6.42 Å². The van der Waals surface area contributed by atoms with Crippen molar-refractivity contribution in [2.24, 2.45) is 0 Å². The fourth-order valence-corrected chi connectivity index (χ4v) is 4.02. The first-order valence-corrected chi connectivity index (χ1v) is 9.42. The van der Waals surface area contributed by atoms with Crippen LogP contribution in [0.2, 0.25) is 0 Å². The maximum atomic E-state index is 12.2. The Labute approximate surface area is 152 Å². The van der Waals surface area contributed by atoms with E-state index in [2.05, 4.69) is 15.4 Å². The molecule has 1 aromatic carbocycles. The number of carbonyl (C=O) groups excluding carboxylic acids is 1. The van der Waals surface area contributed by atoms with Crippen molar-refractivity contribution >= 4 is 34.3 Å². The van der Waals surface area contributed by atoms with Crippen molar-refractivity contribution in [1.82, 2.24) is 14.8 Å². The highest BCUT2D eigenvalue weighted by Gasteiger charge is 2.10. The summed E-state index contributed by atoms with van der Waals surface area (Å²) < 4.78 is 1.77. The number of hydrogen-bond donors (Lipinski definition) is 1.